The molecule has 0 bridgehead atoms. The summed E-state index contributed by atoms with van der Waals surface area (Å²) in [5.74, 6) is -2.73. The molecule has 4 heteroatoms. The lowest BCUT2D eigenvalue weighted by Crippen LogP contribution is -2.10. The number of carboxylic acids is 2. The molecule has 0 aromatic heterocycles. The van der Waals surface area contributed by atoms with Crippen LogP contribution >= 0.6 is 0 Å². The fourth-order valence-electron chi connectivity index (χ4n) is 1.26. The first-order valence-corrected chi connectivity index (χ1v) is 5.26. The Morgan fingerprint density at radius 2 is 1.53 bits per heavy atom. The van der Waals surface area contributed by atoms with Gasteiger partial charge in [-0.25, -0.2) is 9.59 Å². The van der Waals surface area contributed by atoms with Crippen molar-refractivity contribution in [2.45, 2.75) is 45.4 Å². The molecule has 0 aromatic rings. The van der Waals surface area contributed by atoms with Crippen molar-refractivity contribution >= 4 is 11.9 Å². The molecule has 0 unspecified atom stereocenters. The van der Waals surface area contributed by atoms with E-state index in [0.29, 0.717) is 6.42 Å². The van der Waals surface area contributed by atoms with Crippen LogP contribution < -0.4 is 0 Å². The molecule has 15 heavy (non-hydrogen) atoms. The van der Waals surface area contributed by atoms with Crippen LogP contribution in [0.4, 0.5) is 0 Å². The van der Waals surface area contributed by atoms with Crippen LogP contribution in [-0.4, -0.2) is 22.2 Å². The molecule has 0 aromatic carbocycles. The average molecular weight is 214 g/mol. The number of carbonyl (C=O) groups is 2. The zero-order valence-electron chi connectivity index (χ0n) is 9.03. The molecule has 0 rings (SSSR count). The maximum Gasteiger partial charge on any atom is 0.342 e. The molecule has 0 aliphatic rings. The Morgan fingerprint density at radius 3 is 2.00 bits per heavy atom. The van der Waals surface area contributed by atoms with E-state index in [9.17, 15) is 9.59 Å². The van der Waals surface area contributed by atoms with Crippen LogP contribution in [0.2, 0.25) is 0 Å². The number of aliphatic carboxylic acids is 2. The minimum absolute atomic E-state index is 0.523. The molecule has 0 spiro atoms. The van der Waals surface area contributed by atoms with Crippen molar-refractivity contribution in [3.05, 3.63) is 11.6 Å². The smallest absolute Gasteiger partial charge is 0.342 e. The van der Waals surface area contributed by atoms with Gasteiger partial charge in [-0.05, 0) is 12.8 Å². The summed E-state index contributed by atoms with van der Waals surface area (Å²) >= 11 is 0. The lowest BCUT2D eigenvalue weighted by atomic mass is 10.1. The monoisotopic (exact) mass is 214 g/mol. The van der Waals surface area contributed by atoms with Crippen molar-refractivity contribution in [1.82, 2.24) is 0 Å². The van der Waals surface area contributed by atoms with E-state index in [1.807, 2.05) is 0 Å². The molecule has 4 nitrogen and oxygen atoms in total. The second kappa shape index (κ2) is 8.03. The molecule has 0 atom stereocenters. The Balaban J connectivity index is 3.82. The minimum Gasteiger partial charge on any atom is -0.477 e. The van der Waals surface area contributed by atoms with Gasteiger partial charge in [0.2, 0.25) is 0 Å². The summed E-state index contributed by atoms with van der Waals surface area (Å²) in [7, 11) is 0. The van der Waals surface area contributed by atoms with E-state index in [1.54, 1.807) is 0 Å². The molecule has 0 aliphatic carbocycles. The number of hydrogen-bond donors (Lipinski definition) is 2. The summed E-state index contributed by atoms with van der Waals surface area (Å²) in [6, 6.07) is 0. The van der Waals surface area contributed by atoms with Crippen molar-refractivity contribution in [1.29, 1.82) is 0 Å². The number of unbranched alkanes of at least 4 members (excludes halogenated alkanes) is 5. The van der Waals surface area contributed by atoms with Crippen LogP contribution in [-0.2, 0) is 9.59 Å². The standard InChI is InChI=1S/C11H18O4/c1-2-3-4-5-6-7-8-9(10(12)13)11(14)15/h8H,2-7H2,1H3,(H,12,13)(H,14,15). The first kappa shape index (κ1) is 13.7. The molecule has 0 saturated heterocycles. The van der Waals surface area contributed by atoms with Crippen molar-refractivity contribution in [3.8, 4) is 0 Å². The van der Waals surface area contributed by atoms with E-state index >= 15 is 0 Å². The SMILES string of the molecule is CCCCCCCC=C(C(=O)O)C(=O)O. The summed E-state index contributed by atoms with van der Waals surface area (Å²) in [6.45, 7) is 2.12. The summed E-state index contributed by atoms with van der Waals surface area (Å²) < 4.78 is 0. The van der Waals surface area contributed by atoms with Gasteiger partial charge in [0, 0.05) is 0 Å². The highest BCUT2D eigenvalue weighted by Crippen LogP contribution is 2.07. The summed E-state index contributed by atoms with van der Waals surface area (Å²) in [5, 5.41) is 17.1. The third kappa shape index (κ3) is 6.71. The highest BCUT2D eigenvalue weighted by Gasteiger charge is 2.14. The van der Waals surface area contributed by atoms with Gasteiger partial charge in [-0.2, -0.15) is 0 Å². The van der Waals surface area contributed by atoms with Crippen LogP contribution in [0.5, 0.6) is 0 Å². The molecule has 0 radical (unpaired) electrons. The maximum absolute atomic E-state index is 10.5. The zero-order chi connectivity index (χ0) is 11.7. The van der Waals surface area contributed by atoms with E-state index in [0.717, 1.165) is 25.7 Å². The van der Waals surface area contributed by atoms with Gasteiger partial charge in [-0.1, -0.05) is 38.7 Å². The molecular formula is C11H18O4. The Labute approximate surface area is 89.6 Å². The van der Waals surface area contributed by atoms with Crippen LogP contribution in [0, 0.1) is 0 Å². The summed E-state index contributed by atoms with van der Waals surface area (Å²) in [5.41, 5.74) is -0.523. The van der Waals surface area contributed by atoms with Gasteiger partial charge in [-0.15, -0.1) is 0 Å². The predicted octanol–water partition coefficient (Wildman–Crippen LogP) is 2.44. The van der Waals surface area contributed by atoms with Gasteiger partial charge in [0.1, 0.15) is 5.57 Å². The molecule has 0 heterocycles. The van der Waals surface area contributed by atoms with Gasteiger partial charge < -0.3 is 10.2 Å². The fourth-order valence-corrected chi connectivity index (χ4v) is 1.26. The van der Waals surface area contributed by atoms with E-state index in [2.05, 4.69) is 6.92 Å². The quantitative estimate of drug-likeness (QED) is 0.281. The average Bonchev–Trinajstić information content (AvgIpc) is 2.15. The first-order valence-electron chi connectivity index (χ1n) is 5.26. The minimum atomic E-state index is -1.36. The number of hydrogen-bond acceptors (Lipinski definition) is 2. The van der Waals surface area contributed by atoms with Crippen LogP contribution in [0.15, 0.2) is 11.6 Å². The van der Waals surface area contributed by atoms with Gasteiger partial charge in [0.05, 0.1) is 0 Å². The van der Waals surface area contributed by atoms with Gasteiger partial charge in [0.25, 0.3) is 0 Å². The lowest BCUT2D eigenvalue weighted by molar-refractivity contribution is -0.140. The lowest BCUT2D eigenvalue weighted by Gasteiger charge is -1.98. The maximum atomic E-state index is 10.5. The van der Waals surface area contributed by atoms with Crippen LogP contribution in [0.25, 0.3) is 0 Å². The largest absolute Gasteiger partial charge is 0.477 e. The van der Waals surface area contributed by atoms with Crippen LogP contribution in [0.1, 0.15) is 45.4 Å². The van der Waals surface area contributed by atoms with Gasteiger partial charge in [-0.3, -0.25) is 0 Å². The van der Waals surface area contributed by atoms with Crippen molar-refractivity contribution < 1.29 is 19.8 Å². The third-order valence-electron chi connectivity index (χ3n) is 2.12. The molecule has 86 valence electrons. The molecular weight excluding hydrogens is 196 g/mol. The predicted molar refractivity (Wildman–Crippen MR) is 56.7 cm³/mol. The normalized spacial score (nSPS) is 9.67. The zero-order valence-corrected chi connectivity index (χ0v) is 9.03. The molecule has 0 fully saturated rings. The molecule has 2 N–H and O–H groups in total. The second-order valence-electron chi connectivity index (χ2n) is 3.43. The Bertz CT molecular complexity index is 227. The van der Waals surface area contributed by atoms with Crippen molar-refractivity contribution in [3.63, 3.8) is 0 Å². The van der Waals surface area contributed by atoms with E-state index < -0.39 is 17.5 Å². The Morgan fingerprint density at radius 1 is 1.00 bits per heavy atom. The third-order valence-corrected chi connectivity index (χ3v) is 2.12. The molecule has 0 saturated carbocycles. The highest BCUT2D eigenvalue weighted by molar-refractivity contribution is 6.12. The Kier molecular flexibility index (Phi) is 7.32. The van der Waals surface area contributed by atoms with Crippen LogP contribution in [0.3, 0.4) is 0 Å². The summed E-state index contributed by atoms with van der Waals surface area (Å²) in [4.78, 5) is 20.9. The fraction of sp³-hybridized carbons (Fsp3) is 0.636. The van der Waals surface area contributed by atoms with E-state index in [4.69, 9.17) is 10.2 Å². The van der Waals surface area contributed by atoms with Crippen molar-refractivity contribution in [2.75, 3.05) is 0 Å². The molecule has 0 amide bonds. The summed E-state index contributed by atoms with van der Waals surface area (Å²) in [6.07, 6.45) is 7.15. The van der Waals surface area contributed by atoms with Gasteiger partial charge >= 0.3 is 11.9 Å². The topological polar surface area (TPSA) is 74.6 Å². The van der Waals surface area contributed by atoms with Gasteiger partial charge in [0.15, 0.2) is 0 Å². The second-order valence-corrected chi connectivity index (χ2v) is 3.43. The number of allylic oxidation sites excluding steroid dienone is 1. The first-order chi connectivity index (χ1) is 7.09. The Hall–Kier alpha value is -1.32. The van der Waals surface area contributed by atoms with E-state index in [1.165, 1.54) is 12.5 Å². The number of carboxylic acid groups (broad SMARTS) is 2. The van der Waals surface area contributed by atoms with Crippen molar-refractivity contribution in [2.24, 2.45) is 0 Å². The number of rotatable bonds is 8. The highest BCUT2D eigenvalue weighted by atomic mass is 16.4. The molecule has 0 aliphatic heterocycles. The van der Waals surface area contributed by atoms with E-state index in [-0.39, 0.29) is 0 Å².